The number of amides is 1. The average Bonchev–Trinajstić information content (AvgIpc) is 2.77. The van der Waals surface area contributed by atoms with Crippen LogP contribution < -0.4 is 20.7 Å². The van der Waals surface area contributed by atoms with E-state index in [1.54, 1.807) is 13.3 Å². The number of carbonyl (C=O) groups is 1. The summed E-state index contributed by atoms with van der Waals surface area (Å²) in [5.74, 6) is 2.24. The molecule has 2 heterocycles. The highest BCUT2D eigenvalue weighted by atomic mass is 16.5. The van der Waals surface area contributed by atoms with Gasteiger partial charge in [0.15, 0.2) is 0 Å². The number of hydrogen-bond donors (Lipinski definition) is 2. The minimum atomic E-state index is -0.0766. The summed E-state index contributed by atoms with van der Waals surface area (Å²) < 4.78 is 5.16. The van der Waals surface area contributed by atoms with Gasteiger partial charge in [-0.15, -0.1) is 0 Å². The van der Waals surface area contributed by atoms with Crippen molar-refractivity contribution < 1.29 is 9.53 Å². The number of aryl methyl sites for hydroxylation is 1. The molecule has 1 amide bonds. The van der Waals surface area contributed by atoms with Crippen LogP contribution in [0.1, 0.15) is 35.2 Å². The number of piperidine rings is 1. The van der Waals surface area contributed by atoms with Crippen LogP contribution in [0.2, 0.25) is 0 Å². The van der Waals surface area contributed by atoms with Crippen molar-refractivity contribution in [3.63, 3.8) is 0 Å². The molecule has 6 heteroatoms. The van der Waals surface area contributed by atoms with E-state index >= 15 is 0 Å². The van der Waals surface area contributed by atoms with Crippen LogP contribution in [0.3, 0.4) is 0 Å². The molecule has 1 aliphatic heterocycles. The molecule has 1 aromatic heterocycles. The largest absolute Gasteiger partial charge is 0.497 e. The van der Waals surface area contributed by atoms with Crippen LogP contribution in [0.15, 0.2) is 42.6 Å². The number of methoxy groups -OCH3 is 1. The second kappa shape index (κ2) is 10.1. The number of benzene rings is 1. The molecule has 2 aromatic rings. The maximum Gasteiger partial charge on any atom is 0.252 e. The molecule has 0 aliphatic carbocycles. The summed E-state index contributed by atoms with van der Waals surface area (Å²) in [5.41, 5.74) is 7.64. The molecule has 1 aliphatic rings. The standard InChI is InChI=1S/C22H30N4O2/c1-28-20-9-6-17(7-10-20)4-2-12-24-22(27)19-8-11-21(25-15-19)26-13-3-5-18(14-23)16-26/h6-11,15,18H,2-5,12-14,16,23H2,1H3,(H,24,27)/t18-/m0/s1. The number of rotatable bonds is 8. The molecule has 0 unspecified atom stereocenters. The SMILES string of the molecule is COc1ccc(CCCNC(=O)c2ccc(N3CCC[C@@H](CN)C3)nc2)cc1. The molecular formula is C22H30N4O2. The number of anilines is 1. The quantitative estimate of drug-likeness (QED) is 0.686. The summed E-state index contributed by atoms with van der Waals surface area (Å²) in [6.07, 6.45) is 5.79. The van der Waals surface area contributed by atoms with Crippen molar-refractivity contribution in [2.45, 2.75) is 25.7 Å². The van der Waals surface area contributed by atoms with Gasteiger partial charge in [0.2, 0.25) is 0 Å². The van der Waals surface area contributed by atoms with Gasteiger partial charge in [-0.1, -0.05) is 12.1 Å². The first-order chi connectivity index (χ1) is 13.7. The van der Waals surface area contributed by atoms with E-state index in [4.69, 9.17) is 10.5 Å². The number of pyridine rings is 1. The number of aromatic nitrogens is 1. The highest BCUT2D eigenvalue weighted by molar-refractivity contribution is 5.94. The first kappa shape index (κ1) is 20.1. The Labute approximate surface area is 167 Å². The molecule has 1 aromatic carbocycles. The first-order valence-electron chi connectivity index (χ1n) is 10.0. The third kappa shape index (κ3) is 5.45. The molecular weight excluding hydrogens is 352 g/mol. The van der Waals surface area contributed by atoms with Crippen LogP contribution in [0.5, 0.6) is 5.75 Å². The van der Waals surface area contributed by atoms with Crippen LogP contribution in [0.25, 0.3) is 0 Å². The lowest BCUT2D eigenvalue weighted by molar-refractivity contribution is 0.0953. The van der Waals surface area contributed by atoms with Gasteiger partial charge in [-0.3, -0.25) is 4.79 Å². The van der Waals surface area contributed by atoms with Gasteiger partial charge in [0.05, 0.1) is 12.7 Å². The number of carbonyl (C=O) groups excluding carboxylic acids is 1. The second-order valence-corrected chi connectivity index (χ2v) is 7.30. The molecule has 0 spiro atoms. The molecule has 1 saturated heterocycles. The van der Waals surface area contributed by atoms with Gasteiger partial charge >= 0.3 is 0 Å². The van der Waals surface area contributed by atoms with E-state index in [0.717, 1.165) is 43.9 Å². The summed E-state index contributed by atoms with van der Waals surface area (Å²) in [4.78, 5) is 19.1. The fourth-order valence-corrected chi connectivity index (χ4v) is 3.56. The molecule has 28 heavy (non-hydrogen) atoms. The van der Waals surface area contributed by atoms with Crippen molar-refractivity contribution >= 4 is 11.7 Å². The van der Waals surface area contributed by atoms with Crippen molar-refractivity contribution in [2.75, 3.05) is 38.2 Å². The number of hydrogen-bond acceptors (Lipinski definition) is 5. The van der Waals surface area contributed by atoms with Crippen molar-refractivity contribution in [3.05, 3.63) is 53.7 Å². The van der Waals surface area contributed by atoms with Crippen molar-refractivity contribution in [1.82, 2.24) is 10.3 Å². The minimum Gasteiger partial charge on any atom is -0.497 e. The van der Waals surface area contributed by atoms with Gasteiger partial charge in [0.1, 0.15) is 11.6 Å². The zero-order valence-electron chi connectivity index (χ0n) is 16.6. The summed E-state index contributed by atoms with van der Waals surface area (Å²) >= 11 is 0. The third-order valence-electron chi connectivity index (χ3n) is 5.27. The molecule has 0 bridgehead atoms. The molecule has 1 atom stereocenters. The molecule has 0 saturated carbocycles. The van der Waals surface area contributed by atoms with Gasteiger partial charge < -0.3 is 20.7 Å². The number of nitrogens with one attached hydrogen (secondary N) is 1. The van der Waals surface area contributed by atoms with E-state index < -0.39 is 0 Å². The van der Waals surface area contributed by atoms with Crippen LogP contribution in [-0.4, -0.2) is 44.2 Å². The van der Waals surface area contributed by atoms with E-state index in [9.17, 15) is 4.79 Å². The Bertz CT molecular complexity index is 746. The Morgan fingerprint density at radius 1 is 1.29 bits per heavy atom. The third-order valence-corrected chi connectivity index (χ3v) is 5.27. The normalized spacial score (nSPS) is 16.6. The molecule has 3 N–H and O–H groups in total. The predicted octanol–water partition coefficient (Wildman–Crippen LogP) is 2.63. The fraction of sp³-hybridized carbons (Fsp3) is 0.455. The van der Waals surface area contributed by atoms with Crippen molar-refractivity contribution in [1.29, 1.82) is 0 Å². The van der Waals surface area contributed by atoms with Crippen LogP contribution in [-0.2, 0) is 6.42 Å². The predicted molar refractivity (Wildman–Crippen MR) is 112 cm³/mol. The first-order valence-corrected chi connectivity index (χ1v) is 10.0. The van der Waals surface area contributed by atoms with Gasteiger partial charge in [-0.2, -0.15) is 0 Å². The van der Waals surface area contributed by atoms with E-state index in [0.29, 0.717) is 24.6 Å². The highest BCUT2D eigenvalue weighted by Gasteiger charge is 2.19. The van der Waals surface area contributed by atoms with Crippen LogP contribution in [0, 0.1) is 5.92 Å². The van der Waals surface area contributed by atoms with Crippen LogP contribution >= 0.6 is 0 Å². The maximum absolute atomic E-state index is 12.3. The molecule has 0 radical (unpaired) electrons. The molecule has 150 valence electrons. The topological polar surface area (TPSA) is 80.5 Å². The van der Waals surface area contributed by atoms with Gasteiger partial charge in [0, 0.05) is 25.8 Å². The Morgan fingerprint density at radius 3 is 2.79 bits per heavy atom. The van der Waals surface area contributed by atoms with Gasteiger partial charge in [0.25, 0.3) is 5.91 Å². The van der Waals surface area contributed by atoms with E-state index in [-0.39, 0.29) is 5.91 Å². The molecule has 1 fully saturated rings. The smallest absolute Gasteiger partial charge is 0.252 e. The monoisotopic (exact) mass is 382 g/mol. The Morgan fingerprint density at radius 2 is 2.11 bits per heavy atom. The highest BCUT2D eigenvalue weighted by Crippen LogP contribution is 2.21. The summed E-state index contributed by atoms with van der Waals surface area (Å²) in [6.45, 7) is 3.30. The number of nitrogens with two attached hydrogens (primary N) is 1. The van der Waals surface area contributed by atoms with Crippen molar-refractivity contribution in [3.8, 4) is 5.75 Å². The van der Waals surface area contributed by atoms with Crippen molar-refractivity contribution in [2.24, 2.45) is 11.7 Å². The summed E-state index contributed by atoms with van der Waals surface area (Å²) in [7, 11) is 1.66. The second-order valence-electron chi connectivity index (χ2n) is 7.30. The van der Waals surface area contributed by atoms with Gasteiger partial charge in [-0.05, 0) is 68.0 Å². The fourth-order valence-electron chi connectivity index (χ4n) is 3.56. The number of nitrogens with zero attached hydrogens (tertiary/aromatic N) is 2. The lowest BCUT2D eigenvalue weighted by atomic mass is 9.98. The lowest BCUT2D eigenvalue weighted by Gasteiger charge is -2.33. The zero-order chi connectivity index (χ0) is 19.8. The molecule has 3 rings (SSSR count). The van der Waals surface area contributed by atoms with E-state index in [2.05, 4.69) is 27.3 Å². The number of ether oxygens (including phenoxy) is 1. The summed E-state index contributed by atoms with van der Waals surface area (Å²) in [5, 5.41) is 2.97. The minimum absolute atomic E-state index is 0.0766. The zero-order valence-corrected chi connectivity index (χ0v) is 16.6. The van der Waals surface area contributed by atoms with Gasteiger partial charge in [-0.25, -0.2) is 4.98 Å². The summed E-state index contributed by atoms with van der Waals surface area (Å²) in [6, 6.07) is 11.8. The Hall–Kier alpha value is -2.60. The molecule has 6 nitrogen and oxygen atoms in total. The van der Waals surface area contributed by atoms with E-state index in [1.807, 2.05) is 24.3 Å². The maximum atomic E-state index is 12.3. The van der Waals surface area contributed by atoms with Crippen LogP contribution in [0.4, 0.5) is 5.82 Å². The lowest BCUT2D eigenvalue weighted by Crippen LogP contribution is -2.38. The average molecular weight is 383 g/mol. The van der Waals surface area contributed by atoms with E-state index in [1.165, 1.54) is 12.0 Å². The Kier molecular flexibility index (Phi) is 7.25. The Balaban J connectivity index is 1.44.